The number of alkyl halides is 3. The van der Waals surface area contributed by atoms with Crippen molar-refractivity contribution < 1.29 is 38.0 Å². The van der Waals surface area contributed by atoms with Gasteiger partial charge in [0.2, 0.25) is 5.91 Å². The summed E-state index contributed by atoms with van der Waals surface area (Å²) in [7, 11) is 0. The molecule has 6 atom stereocenters. The van der Waals surface area contributed by atoms with Gasteiger partial charge in [0.05, 0.1) is 11.9 Å². The van der Waals surface area contributed by atoms with Crippen LogP contribution in [0.3, 0.4) is 0 Å². The predicted octanol–water partition coefficient (Wildman–Crippen LogP) is -0.399. The zero-order valence-corrected chi connectivity index (χ0v) is 12.0. The molecule has 10 heteroatoms. The van der Waals surface area contributed by atoms with Crippen molar-refractivity contribution in [3.63, 3.8) is 0 Å². The molecule has 0 aliphatic carbocycles. The van der Waals surface area contributed by atoms with Crippen molar-refractivity contribution in [3.8, 4) is 0 Å². The molecule has 0 spiro atoms. The molecular weight excluding hydrogens is 315 g/mol. The Balaban J connectivity index is 2.71. The molecule has 0 saturated carbocycles. The van der Waals surface area contributed by atoms with E-state index in [1.54, 1.807) is 0 Å². The highest BCUT2D eigenvalue weighted by Gasteiger charge is 2.45. The minimum Gasteiger partial charge on any atom is -0.388 e. The van der Waals surface area contributed by atoms with Crippen molar-refractivity contribution in [1.29, 1.82) is 0 Å². The van der Waals surface area contributed by atoms with Gasteiger partial charge >= 0.3 is 6.18 Å². The number of nitrogens with two attached hydrogens (primary N) is 1. The second kappa shape index (κ2) is 7.14. The average Bonchev–Trinajstić information content (AvgIpc) is 2.36. The van der Waals surface area contributed by atoms with Crippen molar-refractivity contribution in [3.05, 3.63) is 0 Å². The van der Waals surface area contributed by atoms with E-state index in [1.807, 2.05) is 0 Å². The van der Waals surface area contributed by atoms with Crippen LogP contribution in [-0.2, 0) is 9.53 Å². The number of carbonyl (C=O) groups excluding carboxylic acids is 1. The summed E-state index contributed by atoms with van der Waals surface area (Å²) in [6, 6.07) is 0. The number of hydrogen-bond acceptors (Lipinski definition) is 6. The molecular formula is C11H18F3NO5S. The van der Waals surface area contributed by atoms with Gasteiger partial charge in [0.25, 0.3) is 0 Å². The lowest BCUT2D eigenvalue weighted by atomic mass is 9.92. The second-order valence-corrected chi connectivity index (χ2v) is 6.07. The number of hydrogen-bond donors (Lipinski definition) is 4. The van der Waals surface area contributed by atoms with E-state index in [2.05, 4.69) is 0 Å². The van der Waals surface area contributed by atoms with Gasteiger partial charge in [-0.15, -0.1) is 11.8 Å². The Labute approximate surface area is 123 Å². The van der Waals surface area contributed by atoms with E-state index in [0.29, 0.717) is 0 Å². The molecule has 1 aliphatic rings. The Kier molecular flexibility index (Phi) is 6.29. The number of thioether (sulfide) groups is 1. The molecule has 5 N–H and O–H groups in total. The number of carbonyl (C=O) groups is 1. The topological polar surface area (TPSA) is 113 Å². The van der Waals surface area contributed by atoms with Crippen LogP contribution in [0.2, 0.25) is 0 Å². The summed E-state index contributed by atoms with van der Waals surface area (Å²) in [6.45, 7) is 1.47. The molecule has 0 aromatic carbocycles. The normalized spacial score (nSPS) is 35.5. The third-order valence-corrected chi connectivity index (χ3v) is 4.36. The van der Waals surface area contributed by atoms with Gasteiger partial charge < -0.3 is 25.8 Å². The van der Waals surface area contributed by atoms with Gasteiger partial charge in [-0.05, 0) is 6.42 Å². The predicted molar refractivity (Wildman–Crippen MR) is 68.2 cm³/mol. The molecule has 6 nitrogen and oxygen atoms in total. The van der Waals surface area contributed by atoms with E-state index in [9.17, 15) is 33.3 Å². The molecule has 1 saturated heterocycles. The molecule has 6 unspecified atom stereocenters. The van der Waals surface area contributed by atoms with Crippen LogP contribution in [0.25, 0.3) is 0 Å². The zero-order chi connectivity index (χ0) is 16.4. The lowest BCUT2D eigenvalue weighted by Crippen LogP contribution is -2.57. The van der Waals surface area contributed by atoms with Gasteiger partial charge in [0, 0.05) is 5.92 Å². The molecule has 1 fully saturated rings. The summed E-state index contributed by atoms with van der Waals surface area (Å²) < 4.78 is 41.8. The first kappa shape index (κ1) is 18.5. The number of rotatable bonds is 5. The maximum absolute atomic E-state index is 12.2. The summed E-state index contributed by atoms with van der Waals surface area (Å²) >= 11 is 0.273. The van der Waals surface area contributed by atoms with E-state index in [4.69, 9.17) is 10.5 Å². The van der Waals surface area contributed by atoms with Crippen molar-refractivity contribution in [1.82, 2.24) is 0 Å². The maximum atomic E-state index is 12.2. The van der Waals surface area contributed by atoms with Gasteiger partial charge in [-0.3, -0.25) is 4.79 Å². The zero-order valence-electron chi connectivity index (χ0n) is 11.2. The number of aliphatic hydroxyl groups excluding tert-OH is 3. The molecule has 0 bridgehead atoms. The van der Waals surface area contributed by atoms with Crippen LogP contribution in [0.5, 0.6) is 0 Å². The molecule has 1 aliphatic heterocycles. The number of primary amides is 1. The van der Waals surface area contributed by atoms with Gasteiger partial charge in [0.15, 0.2) is 0 Å². The Hall–Kier alpha value is -0.550. The average molecular weight is 333 g/mol. The first-order valence-corrected chi connectivity index (χ1v) is 7.25. The van der Waals surface area contributed by atoms with Crippen LogP contribution < -0.4 is 5.73 Å². The maximum Gasteiger partial charge on any atom is 0.397 e. The second-order valence-electron chi connectivity index (χ2n) is 4.98. The summed E-state index contributed by atoms with van der Waals surface area (Å²) in [6.07, 6.45) is -10.4. The SMILES string of the molecule is CC(CC1OC(SCC(F)(F)F)C(O)C(O)C1O)C(N)=O. The molecule has 0 radical (unpaired) electrons. The number of halogens is 3. The van der Waals surface area contributed by atoms with Crippen LogP contribution >= 0.6 is 11.8 Å². The van der Waals surface area contributed by atoms with Crippen molar-refractivity contribution in [2.45, 2.75) is 49.4 Å². The monoisotopic (exact) mass is 333 g/mol. The van der Waals surface area contributed by atoms with E-state index < -0.39 is 53.6 Å². The Bertz CT molecular complexity index is 370. The molecule has 1 amide bonds. The van der Waals surface area contributed by atoms with Gasteiger partial charge in [-0.2, -0.15) is 13.2 Å². The summed E-state index contributed by atoms with van der Waals surface area (Å²) in [5.74, 6) is -2.62. The molecule has 0 aromatic rings. The molecule has 1 heterocycles. The molecule has 0 aromatic heterocycles. The highest BCUT2D eigenvalue weighted by Crippen LogP contribution is 2.34. The first-order valence-electron chi connectivity index (χ1n) is 6.20. The van der Waals surface area contributed by atoms with E-state index in [-0.39, 0.29) is 18.2 Å². The number of amides is 1. The third-order valence-electron chi connectivity index (χ3n) is 3.15. The van der Waals surface area contributed by atoms with Gasteiger partial charge in [-0.25, -0.2) is 0 Å². The van der Waals surface area contributed by atoms with Crippen LogP contribution in [0.1, 0.15) is 13.3 Å². The van der Waals surface area contributed by atoms with Crippen LogP contribution in [0, 0.1) is 5.92 Å². The van der Waals surface area contributed by atoms with E-state index >= 15 is 0 Å². The smallest absolute Gasteiger partial charge is 0.388 e. The Morgan fingerprint density at radius 3 is 2.33 bits per heavy atom. The highest BCUT2D eigenvalue weighted by atomic mass is 32.2. The fourth-order valence-electron chi connectivity index (χ4n) is 1.89. The highest BCUT2D eigenvalue weighted by molar-refractivity contribution is 7.99. The van der Waals surface area contributed by atoms with Crippen molar-refractivity contribution in [2.75, 3.05) is 5.75 Å². The van der Waals surface area contributed by atoms with Crippen LogP contribution in [0.4, 0.5) is 13.2 Å². The largest absolute Gasteiger partial charge is 0.397 e. The van der Waals surface area contributed by atoms with Gasteiger partial charge in [-0.1, -0.05) is 6.92 Å². The lowest BCUT2D eigenvalue weighted by molar-refractivity contribution is -0.201. The fraction of sp³-hybridized carbons (Fsp3) is 0.909. The van der Waals surface area contributed by atoms with Crippen molar-refractivity contribution >= 4 is 17.7 Å². The summed E-state index contributed by atoms with van der Waals surface area (Å²) in [4.78, 5) is 11.0. The molecule has 1 rings (SSSR count). The Morgan fingerprint density at radius 1 is 1.29 bits per heavy atom. The molecule has 21 heavy (non-hydrogen) atoms. The summed E-state index contributed by atoms with van der Waals surface area (Å²) in [5, 5.41) is 29.1. The minimum absolute atomic E-state index is 0.0661. The lowest BCUT2D eigenvalue weighted by Gasteiger charge is -2.41. The first-order chi connectivity index (χ1) is 9.53. The standard InChI is InChI=1S/C11H18F3NO5S/c1-4(9(15)19)2-5-6(16)7(17)8(18)10(20-5)21-3-11(12,13)14/h4-8,10,16-18H,2-3H2,1H3,(H2,15,19). The van der Waals surface area contributed by atoms with Crippen LogP contribution in [-0.4, -0.2) is 63.0 Å². The fourth-order valence-corrected chi connectivity index (χ4v) is 2.82. The van der Waals surface area contributed by atoms with E-state index in [1.165, 1.54) is 6.92 Å². The van der Waals surface area contributed by atoms with Gasteiger partial charge in [0.1, 0.15) is 23.7 Å². The van der Waals surface area contributed by atoms with Crippen molar-refractivity contribution in [2.24, 2.45) is 11.7 Å². The third kappa shape index (κ3) is 5.29. The number of aliphatic hydroxyl groups is 3. The Morgan fingerprint density at radius 2 is 1.86 bits per heavy atom. The molecule has 124 valence electrons. The number of ether oxygens (including phenoxy) is 1. The van der Waals surface area contributed by atoms with E-state index in [0.717, 1.165) is 0 Å². The minimum atomic E-state index is -4.45. The summed E-state index contributed by atoms with van der Waals surface area (Å²) in [5.41, 5.74) is 3.72. The van der Waals surface area contributed by atoms with Crippen LogP contribution in [0.15, 0.2) is 0 Å². The quantitative estimate of drug-likeness (QED) is 0.545.